The smallest absolute Gasteiger partial charge is 0.390 e. The van der Waals surface area contributed by atoms with Crippen LogP contribution in [0.3, 0.4) is 0 Å². The van der Waals surface area contributed by atoms with Gasteiger partial charge < -0.3 is 19.6 Å². The normalized spacial score (nSPS) is 23.9. The Morgan fingerprint density at radius 2 is 2.20 bits per heavy atom. The molecule has 1 fully saturated rings. The van der Waals surface area contributed by atoms with Crippen LogP contribution < -0.4 is 11.2 Å². The van der Waals surface area contributed by atoms with Crippen molar-refractivity contribution in [3.8, 4) is 10.4 Å². The van der Waals surface area contributed by atoms with E-state index in [4.69, 9.17) is 14.5 Å². The van der Waals surface area contributed by atoms with Crippen molar-refractivity contribution in [2.45, 2.75) is 24.9 Å². The van der Waals surface area contributed by atoms with E-state index in [1.807, 2.05) is 0 Å². The molecule has 2 aromatic heterocycles. The first-order valence-corrected chi connectivity index (χ1v) is 9.58. The average Bonchev–Trinajstić information content (AvgIpc) is 3.14. The minimum Gasteiger partial charge on any atom is -0.390 e. The van der Waals surface area contributed by atoms with Gasteiger partial charge in [0.1, 0.15) is 12.3 Å². The van der Waals surface area contributed by atoms with Gasteiger partial charge in [0, 0.05) is 17.5 Å². The van der Waals surface area contributed by atoms with E-state index in [0.717, 1.165) is 4.57 Å². The van der Waals surface area contributed by atoms with Gasteiger partial charge in [-0.15, -0.1) is 11.3 Å². The van der Waals surface area contributed by atoms with Crippen molar-refractivity contribution in [3.63, 3.8) is 0 Å². The number of hydrogen-bond acceptors (Lipinski definition) is 7. The van der Waals surface area contributed by atoms with Gasteiger partial charge in [-0.05, 0) is 11.4 Å². The van der Waals surface area contributed by atoms with Crippen LogP contribution in [0, 0.1) is 0 Å². The summed E-state index contributed by atoms with van der Waals surface area (Å²) in [7, 11) is -4.70. The Morgan fingerprint density at radius 1 is 1.44 bits per heavy atom. The zero-order chi connectivity index (χ0) is 18.2. The van der Waals surface area contributed by atoms with E-state index < -0.39 is 44.1 Å². The predicted molar refractivity (Wildman–Crippen MR) is 87.2 cm³/mol. The number of H-pyrrole nitrogens is 1. The van der Waals surface area contributed by atoms with E-state index in [-0.39, 0.29) is 12.0 Å². The number of phosphoric acid groups is 1. The maximum Gasteiger partial charge on any atom is 0.469 e. The average molecular weight is 390 g/mol. The van der Waals surface area contributed by atoms with E-state index in [1.165, 1.54) is 17.5 Å². The fourth-order valence-corrected chi connectivity index (χ4v) is 3.59. The molecule has 25 heavy (non-hydrogen) atoms. The van der Waals surface area contributed by atoms with E-state index in [9.17, 15) is 19.3 Å². The van der Waals surface area contributed by atoms with Crippen molar-refractivity contribution >= 4 is 19.2 Å². The van der Waals surface area contributed by atoms with Crippen molar-refractivity contribution in [1.29, 1.82) is 0 Å². The molecule has 12 heteroatoms. The topological polar surface area (TPSA) is 151 Å². The van der Waals surface area contributed by atoms with E-state index in [2.05, 4.69) is 9.51 Å². The summed E-state index contributed by atoms with van der Waals surface area (Å²) in [5, 5.41) is 11.8. The molecule has 0 aromatic carbocycles. The fraction of sp³-hybridized carbons (Fsp3) is 0.385. The molecule has 0 amide bonds. The summed E-state index contributed by atoms with van der Waals surface area (Å²) in [5.74, 6) is 0. The number of aliphatic hydroxyl groups excluding tert-OH is 1. The molecule has 4 N–H and O–H groups in total. The molecule has 0 saturated carbocycles. The predicted octanol–water partition coefficient (Wildman–Crippen LogP) is 0.0228. The molecular weight excluding hydrogens is 375 g/mol. The van der Waals surface area contributed by atoms with Gasteiger partial charge in [0.2, 0.25) is 0 Å². The van der Waals surface area contributed by atoms with Gasteiger partial charge in [-0.2, -0.15) is 0 Å². The van der Waals surface area contributed by atoms with Crippen LogP contribution in [-0.2, 0) is 13.8 Å². The Kier molecular flexibility index (Phi) is 5.07. The number of ether oxygens (including phenoxy) is 1. The number of thiophene rings is 1. The first-order valence-electron chi connectivity index (χ1n) is 7.17. The lowest BCUT2D eigenvalue weighted by atomic mass is 10.2. The summed E-state index contributed by atoms with van der Waals surface area (Å²) in [6, 6.07) is 3.49. The third-order valence-electron chi connectivity index (χ3n) is 3.68. The number of nitrogens with one attached hydrogen (secondary N) is 1. The molecule has 0 spiro atoms. The highest BCUT2D eigenvalue weighted by molar-refractivity contribution is 7.46. The van der Waals surface area contributed by atoms with Gasteiger partial charge in [0.05, 0.1) is 18.3 Å². The fourth-order valence-electron chi connectivity index (χ4n) is 2.51. The quantitative estimate of drug-likeness (QED) is 0.522. The van der Waals surface area contributed by atoms with Crippen molar-refractivity contribution in [3.05, 3.63) is 44.5 Å². The summed E-state index contributed by atoms with van der Waals surface area (Å²) in [6.07, 6.45) is -1.65. The van der Waals surface area contributed by atoms with Crippen LogP contribution in [0.4, 0.5) is 0 Å². The number of aromatic nitrogens is 2. The second kappa shape index (κ2) is 6.96. The second-order valence-electron chi connectivity index (χ2n) is 5.41. The minimum atomic E-state index is -4.70. The monoisotopic (exact) mass is 390 g/mol. The zero-order valence-corrected chi connectivity index (χ0v) is 14.4. The summed E-state index contributed by atoms with van der Waals surface area (Å²) < 4.78 is 21.7. The molecule has 3 heterocycles. The molecule has 10 nitrogen and oxygen atoms in total. The van der Waals surface area contributed by atoms with E-state index >= 15 is 0 Å². The molecular formula is C13H15N2O8PS. The van der Waals surface area contributed by atoms with Gasteiger partial charge in [-0.3, -0.25) is 18.9 Å². The standard InChI is InChI=1S/C13H15N2O8PS/c16-8-4-11(23-9(8)6-22-24(19,20)21)15-5-7(10-2-1-3-25-10)12(17)14-13(15)18/h1-3,5,8-9,11,16H,4,6H2,(H,14,17,18)(H2,19,20,21)/t8-,9+,11+/m0/s1. The van der Waals surface area contributed by atoms with Crippen molar-refractivity contribution in [2.75, 3.05) is 6.61 Å². The van der Waals surface area contributed by atoms with Crippen LogP contribution in [0.1, 0.15) is 12.6 Å². The molecule has 1 aliphatic rings. The molecule has 0 aliphatic carbocycles. The van der Waals surface area contributed by atoms with Crippen molar-refractivity contribution in [2.24, 2.45) is 0 Å². The highest BCUT2D eigenvalue weighted by Crippen LogP contribution is 2.38. The summed E-state index contributed by atoms with van der Waals surface area (Å²) in [5.41, 5.74) is -0.967. The summed E-state index contributed by atoms with van der Waals surface area (Å²) >= 11 is 1.33. The molecule has 1 saturated heterocycles. The minimum absolute atomic E-state index is 0.00498. The Balaban J connectivity index is 1.85. The van der Waals surface area contributed by atoms with Crippen LogP contribution in [-0.4, -0.2) is 43.3 Å². The highest BCUT2D eigenvalue weighted by atomic mass is 32.1. The van der Waals surface area contributed by atoms with Gasteiger partial charge in [0.25, 0.3) is 5.56 Å². The SMILES string of the molecule is O=c1[nH]c(=O)n([C@H]2C[C@H](O)[C@@H](COP(=O)(O)O)O2)cc1-c1cccs1. The largest absolute Gasteiger partial charge is 0.469 e. The Labute approximate surface area is 144 Å². The van der Waals surface area contributed by atoms with E-state index in [0.29, 0.717) is 4.88 Å². The van der Waals surface area contributed by atoms with Crippen molar-refractivity contribution in [1.82, 2.24) is 9.55 Å². The number of aromatic amines is 1. The van der Waals surface area contributed by atoms with Crippen LogP contribution in [0.15, 0.2) is 33.3 Å². The Bertz CT molecular complexity index is 901. The molecule has 2 aromatic rings. The maximum absolute atomic E-state index is 12.1. The molecule has 3 rings (SSSR count). The van der Waals surface area contributed by atoms with Crippen molar-refractivity contribution < 1.29 is 28.7 Å². The van der Waals surface area contributed by atoms with Crippen LogP contribution >= 0.6 is 19.2 Å². The molecule has 0 radical (unpaired) electrons. The van der Waals surface area contributed by atoms with Crippen LogP contribution in [0.25, 0.3) is 10.4 Å². The number of aliphatic hydroxyl groups is 1. The van der Waals surface area contributed by atoms with Gasteiger partial charge in [0.15, 0.2) is 0 Å². The molecule has 0 unspecified atom stereocenters. The zero-order valence-electron chi connectivity index (χ0n) is 12.6. The first-order chi connectivity index (χ1) is 11.7. The maximum atomic E-state index is 12.1. The van der Waals surface area contributed by atoms with E-state index in [1.54, 1.807) is 17.5 Å². The van der Waals surface area contributed by atoms with Crippen LogP contribution in [0.5, 0.6) is 0 Å². The first kappa shape index (κ1) is 18.2. The summed E-state index contributed by atoms with van der Waals surface area (Å²) in [4.78, 5) is 44.4. The lowest BCUT2D eigenvalue weighted by Gasteiger charge is -2.16. The number of phosphoric ester groups is 1. The Morgan fingerprint density at radius 3 is 2.84 bits per heavy atom. The molecule has 1 aliphatic heterocycles. The second-order valence-corrected chi connectivity index (χ2v) is 7.59. The highest BCUT2D eigenvalue weighted by Gasteiger charge is 2.37. The lowest BCUT2D eigenvalue weighted by Crippen LogP contribution is -2.33. The summed E-state index contributed by atoms with van der Waals surface area (Å²) in [6.45, 7) is -0.530. The molecule has 0 bridgehead atoms. The van der Waals surface area contributed by atoms with Crippen LogP contribution in [0.2, 0.25) is 0 Å². The number of hydrogen-bond donors (Lipinski definition) is 4. The van der Waals surface area contributed by atoms with Gasteiger partial charge in [-0.25, -0.2) is 9.36 Å². The number of rotatable bonds is 5. The Hall–Kier alpha value is -1.59. The number of nitrogens with zero attached hydrogens (tertiary/aromatic N) is 1. The molecule has 136 valence electrons. The lowest BCUT2D eigenvalue weighted by molar-refractivity contribution is -0.0450. The van der Waals surface area contributed by atoms with Gasteiger partial charge >= 0.3 is 13.5 Å². The van der Waals surface area contributed by atoms with Gasteiger partial charge in [-0.1, -0.05) is 6.07 Å². The molecule has 3 atom stereocenters. The third-order valence-corrected chi connectivity index (χ3v) is 5.06. The third kappa shape index (κ3) is 4.15.